The molecule has 6 nitrogen and oxygen atoms in total. The molecule has 0 aliphatic carbocycles. The molecule has 1 fully saturated rings. The molecule has 0 radical (unpaired) electrons. The van der Waals surface area contributed by atoms with Crippen molar-refractivity contribution in [3.05, 3.63) is 53.1 Å². The molecule has 2 aliphatic heterocycles. The van der Waals surface area contributed by atoms with Crippen molar-refractivity contribution >= 4 is 21.6 Å². The van der Waals surface area contributed by atoms with Crippen molar-refractivity contribution in [2.24, 2.45) is 0 Å². The highest BCUT2D eigenvalue weighted by molar-refractivity contribution is 7.89. The second-order valence-corrected chi connectivity index (χ2v) is 10.6. The van der Waals surface area contributed by atoms with Gasteiger partial charge in [0.05, 0.1) is 10.9 Å². The van der Waals surface area contributed by atoms with Crippen LogP contribution in [-0.4, -0.2) is 26.5 Å². The van der Waals surface area contributed by atoms with Crippen LogP contribution in [0.3, 0.4) is 0 Å². The predicted molar refractivity (Wildman–Crippen MR) is 116 cm³/mol. The molecular formula is C23H28N2O4S. The molecule has 2 aromatic rings. The molecule has 0 bridgehead atoms. The van der Waals surface area contributed by atoms with E-state index in [9.17, 15) is 13.2 Å². The van der Waals surface area contributed by atoms with Crippen LogP contribution < -0.4 is 14.4 Å². The molecule has 1 saturated heterocycles. The Kier molecular flexibility index (Phi) is 5.14. The van der Waals surface area contributed by atoms with Crippen LogP contribution in [0.5, 0.6) is 5.75 Å². The molecule has 2 heterocycles. The van der Waals surface area contributed by atoms with Crippen LogP contribution >= 0.6 is 0 Å². The fourth-order valence-electron chi connectivity index (χ4n) is 4.32. The number of amides is 1. The minimum Gasteiger partial charge on any atom is -0.487 e. The third-order valence-corrected chi connectivity index (χ3v) is 7.24. The first-order valence-electron chi connectivity index (χ1n) is 10.3. The Morgan fingerprint density at radius 3 is 2.57 bits per heavy atom. The smallest absolute Gasteiger partial charge is 0.241 e. The van der Waals surface area contributed by atoms with E-state index in [1.165, 1.54) is 0 Å². The summed E-state index contributed by atoms with van der Waals surface area (Å²) < 4.78 is 35.4. The van der Waals surface area contributed by atoms with Gasteiger partial charge in [-0.2, -0.15) is 0 Å². The van der Waals surface area contributed by atoms with Crippen LogP contribution in [0.25, 0.3) is 0 Å². The normalized spacial score (nSPS) is 20.7. The molecule has 1 N–H and O–H groups in total. The third kappa shape index (κ3) is 3.96. The van der Waals surface area contributed by atoms with Gasteiger partial charge in [-0.05, 0) is 69.5 Å². The molecule has 0 saturated carbocycles. The van der Waals surface area contributed by atoms with Gasteiger partial charge in [-0.25, -0.2) is 13.1 Å². The van der Waals surface area contributed by atoms with Crippen molar-refractivity contribution in [2.75, 3.05) is 11.4 Å². The lowest BCUT2D eigenvalue weighted by Crippen LogP contribution is -2.41. The minimum absolute atomic E-state index is 0.0863. The summed E-state index contributed by atoms with van der Waals surface area (Å²) in [5.74, 6) is 0.807. The number of ether oxygens (including phenoxy) is 1. The molecule has 2 aliphatic rings. The minimum atomic E-state index is -3.75. The van der Waals surface area contributed by atoms with E-state index in [1.807, 2.05) is 45.9 Å². The number of fused-ring (bicyclic) bond motifs is 1. The molecule has 1 atom stereocenters. The zero-order chi connectivity index (χ0) is 21.7. The average molecular weight is 429 g/mol. The van der Waals surface area contributed by atoms with Gasteiger partial charge in [0.25, 0.3) is 0 Å². The van der Waals surface area contributed by atoms with Crippen molar-refractivity contribution in [1.82, 2.24) is 4.72 Å². The number of nitrogens with zero attached hydrogens (tertiary/aromatic N) is 1. The van der Waals surface area contributed by atoms with Crippen molar-refractivity contribution in [2.45, 2.75) is 63.5 Å². The largest absolute Gasteiger partial charge is 0.487 e. The van der Waals surface area contributed by atoms with Crippen molar-refractivity contribution in [1.29, 1.82) is 0 Å². The molecular weight excluding hydrogens is 400 g/mol. The van der Waals surface area contributed by atoms with E-state index in [4.69, 9.17) is 4.74 Å². The van der Waals surface area contributed by atoms with E-state index in [-0.39, 0.29) is 16.8 Å². The summed E-state index contributed by atoms with van der Waals surface area (Å²) >= 11 is 0. The lowest BCUT2D eigenvalue weighted by Gasteiger charge is -2.38. The summed E-state index contributed by atoms with van der Waals surface area (Å²) in [5, 5.41) is 0. The van der Waals surface area contributed by atoms with E-state index in [2.05, 4.69) is 4.72 Å². The Morgan fingerprint density at radius 1 is 1.13 bits per heavy atom. The van der Waals surface area contributed by atoms with Gasteiger partial charge in [0.15, 0.2) is 0 Å². The van der Waals surface area contributed by atoms with E-state index in [0.717, 1.165) is 34.5 Å². The number of rotatable bonds is 4. The second kappa shape index (κ2) is 7.39. The fourth-order valence-corrected chi connectivity index (χ4v) is 5.62. The van der Waals surface area contributed by atoms with E-state index >= 15 is 0 Å². The molecule has 1 amide bonds. The number of hydrogen-bond acceptors (Lipinski definition) is 4. The molecule has 7 heteroatoms. The SMILES string of the molecule is Cc1ccc2c(c1)OC(C)(C)C[C@@H]2NS(=O)(=O)c1ccc(N2CCCC2=O)c(C)c1. The third-order valence-electron chi connectivity index (χ3n) is 5.77. The highest BCUT2D eigenvalue weighted by Gasteiger charge is 2.36. The van der Waals surface area contributed by atoms with Gasteiger partial charge in [0.2, 0.25) is 15.9 Å². The summed E-state index contributed by atoms with van der Waals surface area (Å²) in [6, 6.07) is 10.4. The van der Waals surface area contributed by atoms with Gasteiger partial charge < -0.3 is 9.64 Å². The quantitative estimate of drug-likeness (QED) is 0.798. The van der Waals surface area contributed by atoms with Crippen molar-refractivity contribution in [3.63, 3.8) is 0 Å². The van der Waals surface area contributed by atoms with Crippen LogP contribution in [0.4, 0.5) is 5.69 Å². The number of benzene rings is 2. The molecule has 4 rings (SSSR count). The first-order chi connectivity index (χ1) is 14.1. The standard InChI is InChI=1S/C23H28N2O4S/c1-15-7-9-18-19(14-23(3,4)29-21(18)12-15)24-30(27,28)17-8-10-20(16(2)13-17)25-11-5-6-22(25)26/h7-10,12-13,19,24H,5-6,11,14H2,1-4H3/t19-/m0/s1. The predicted octanol–water partition coefficient (Wildman–Crippen LogP) is 4.01. The molecule has 0 aromatic heterocycles. The van der Waals surface area contributed by atoms with Gasteiger partial charge in [0.1, 0.15) is 11.4 Å². The van der Waals surface area contributed by atoms with Crippen molar-refractivity contribution in [3.8, 4) is 5.75 Å². The van der Waals surface area contributed by atoms with Crippen molar-refractivity contribution < 1.29 is 17.9 Å². The van der Waals surface area contributed by atoms with Crippen LogP contribution in [0.2, 0.25) is 0 Å². The maximum atomic E-state index is 13.2. The Balaban J connectivity index is 1.63. The first-order valence-corrected chi connectivity index (χ1v) is 11.8. The Bertz CT molecular complexity index is 1110. The summed E-state index contributed by atoms with van der Waals surface area (Å²) in [4.78, 5) is 14.0. The zero-order valence-electron chi connectivity index (χ0n) is 17.9. The summed E-state index contributed by atoms with van der Waals surface area (Å²) in [6.07, 6.45) is 1.90. The summed E-state index contributed by atoms with van der Waals surface area (Å²) in [5.41, 5.74) is 2.99. The van der Waals surface area contributed by atoms with E-state index in [1.54, 1.807) is 23.1 Å². The van der Waals surface area contributed by atoms with E-state index in [0.29, 0.717) is 19.4 Å². The maximum absolute atomic E-state index is 13.2. The Morgan fingerprint density at radius 2 is 1.90 bits per heavy atom. The van der Waals surface area contributed by atoms with Gasteiger partial charge >= 0.3 is 0 Å². The number of carbonyl (C=O) groups is 1. The summed E-state index contributed by atoms with van der Waals surface area (Å²) in [7, 11) is -3.75. The lowest BCUT2D eigenvalue weighted by molar-refractivity contribution is -0.117. The van der Waals surface area contributed by atoms with Crippen LogP contribution in [0.1, 0.15) is 55.8 Å². The van der Waals surface area contributed by atoms with Gasteiger partial charge in [0, 0.05) is 30.6 Å². The van der Waals surface area contributed by atoms with Crippen LogP contribution in [0, 0.1) is 13.8 Å². The number of hydrogen-bond donors (Lipinski definition) is 1. The Labute approximate surface area is 178 Å². The topological polar surface area (TPSA) is 75.7 Å². The van der Waals surface area contributed by atoms with Crippen LogP contribution in [-0.2, 0) is 14.8 Å². The number of sulfonamides is 1. The summed E-state index contributed by atoms with van der Waals surface area (Å²) in [6.45, 7) is 8.43. The fraction of sp³-hybridized carbons (Fsp3) is 0.435. The Hall–Kier alpha value is -2.38. The molecule has 2 aromatic carbocycles. The zero-order valence-corrected chi connectivity index (χ0v) is 18.7. The van der Waals surface area contributed by atoms with E-state index < -0.39 is 15.6 Å². The molecule has 0 spiro atoms. The van der Waals surface area contributed by atoms with Gasteiger partial charge in [-0.15, -0.1) is 0 Å². The highest BCUT2D eigenvalue weighted by atomic mass is 32.2. The second-order valence-electron chi connectivity index (χ2n) is 8.88. The molecule has 160 valence electrons. The average Bonchev–Trinajstić information content (AvgIpc) is 3.05. The molecule has 0 unspecified atom stereocenters. The maximum Gasteiger partial charge on any atom is 0.241 e. The number of anilines is 1. The highest BCUT2D eigenvalue weighted by Crippen LogP contribution is 2.40. The monoisotopic (exact) mass is 428 g/mol. The number of aryl methyl sites for hydroxylation is 2. The van der Waals surface area contributed by atoms with Crippen LogP contribution in [0.15, 0.2) is 41.3 Å². The number of carbonyl (C=O) groups excluding carboxylic acids is 1. The first kappa shape index (κ1) is 20.9. The molecule has 30 heavy (non-hydrogen) atoms. The van der Waals surface area contributed by atoms with Gasteiger partial charge in [-0.1, -0.05) is 12.1 Å². The lowest BCUT2D eigenvalue weighted by atomic mass is 9.90. The van der Waals surface area contributed by atoms with Gasteiger partial charge in [-0.3, -0.25) is 4.79 Å². The number of nitrogens with one attached hydrogen (secondary N) is 1.